The minimum atomic E-state index is -0.0381. The molecule has 1 aromatic heterocycles. The van der Waals surface area contributed by atoms with Gasteiger partial charge in [-0.05, 0) is 44.4 Å². The van der Waals surface area contributed by atoms with Crippen molar-refractivity contribution in [2.45, 2.75) is 51.7 Å². The smallest absolute Gasteiger partial charge is 0.230 e. The van der Waals surface area contributed by atoms with E-state index < -0.39 is 0 Å². The van der Waals surface area contributed by atoms with Crippen molar-refractivity contribution >= 4 is 23.2 Å². The Hall–Kier alpha value is -2.67. The number of fused-ring (bicyclic) bond motifs is 1. The van der Waals surface area contributed by atoms with E-state index in [1.165, 1.54) is 0 Å². The third-order valence-corrected chi connectivity index (χ3v) is 6.45. The molecule has 2 amide bonds. The summed E-state index contributed by atoms with van der Waals surface area (Å²) in [6, 6.07) is 6.80. The number of rotatable bonds is 3. The Bertz CT molecular complexity index is 979. The Morgan fingerprint density at radius 3 is 2.55 bits per heavy atom. The van der Waals surface area contributed by atoms with Crippen LogP contribution in [0.4, 0.5) is 11.4 Å². The lowest BCUT2D eigenvalue weighted by Crippen LogP contribution is -2.51. The molecule has 3 heterocycles. The molecule has 7 nitrogen and oxygen atoms in total. The molecule has 3 atom stereocenters. The van der Waals surface area contributed by atoms with Crippen LogP contribution in [0.5, 0.6) is 0 Å². The van der Waals surface area contributed by atoms with Crippen molar-refractivity contribution in [3.05, 3.63) is 30.6 Å². The van der Waals surface area contributed by atoms with E-state index in [9.17, 15) is 9.59 Å². The summed E-state index contributed by atoms with van der Waals surface area (Å²) >= 11 is 0. The zero-order chi connectivity index (χ0) is 20.3. The number of carbonyl (C=O) groups is 2. The van der Waals surface area contributed by atoms with Crippen molar-refractivity contribution in [3.63, 3.8) is 0 Å². The zero-order valence-corrected chi connectivity index (χ0v) is 17.1. The summed E-state index contributed by atoms with van der Waals surface area (Å²) in [7, 11) is 0. The lowest BCUT2D eigenvalue weighted by atomic mass is 10.0. The number of nitrogens with zero attached hydrogens (tertiary/aromatic N) is 4. The van der Waals surface area contributed by atoms with E-state index in [-0.39, 0.29) is 23.8 Å². The standard InChI is InChI=1S/C22H27N5O2/c1-13-11-25(22(29)16-4-5-16)20-8-17(6-7-19(20)27(13)15(3)28)18-9-24-26(12-18)21-10-23-14(21)2/h6-9,12-14,16,21,23H,4-5,10-11H2,1-3H3. The second-order valence-corrected chi connectivity index (χ2v) is 8.64. The normalized spacial score (nSPS) is 26.1. The van der Waals surface area contributed by atoms with E-state index in [0.29, 0.717) is 18.6 Å². The topological polar surface area (TPSA) is 70.5 Å². The second-order valence-electron chi connectivity index (χ2n) is 8.64. The fourth-order valence-corrected chi connectivity index (χ4v) is 4.49. The molecule has 2 fully saturated rings. The summed E-state index contributed by atoms with van der Waals surface area (Å²) in [6.45, 7) is 7.22. The highest BCUT2D eigenvalue weighted by Crippen LogP contribution is 2.42. The van der Waals surface area contributed by atoms with Crippen molar-refractivity contribution in [1.82, 2.24) is 15.1 Å². The summed E-state index contributed by atoms with van der Waals surface area (Å²) in [5, 5.41) is 7.91. The average Bonchev–Trinajstić information content (AvgIpc) is 3.43. The van der Waals surface area contributed by atoms with Gasteiger partial charge in [0, 0.05) is 43.7 Å². The second kappa shape index (κ2) is 6.69. The highest BCUT2D eigenvalue weighted by Gasteiger charge is 2.39. The van der Waals surface area contributed by atoms with Crippen molar-refractivity contribution < 1.29 is 9.59 Å². The van der Waals surface area contributed by atoms with Crippen molar-refractivity contribution in [1.29, 1.82) is 0 Å². The van der Waals surface area contributed by atoms with Gasteiger partial charge in [-0.1, -0.05) is 6.07 Å². The Morgan fingerprint density at radius 1 is 1.14 bits per heavy atom. The minimum Gasteiger partial charge on any atom is -0.310 e. The molecular weight excluding hydrogens is 366 g/mol. The Kier molecular flexibility index (Phi) is 4.24. The van der Waals surface area contributed by atoms with Gasteiger partial charge >= 0.3 is 0 Å². The first-order valence-electron chi connectivity index (χ1n) is 10.5. The maximum absolute atomic E-state index is 13.0. The predicted octanol–water partition coefficient (Wildman–Crippen LogP) is 2.58. The lowest BCUT2D eigenvalue weighted by molar-refractivity contribution is -0.120. The molecular formula is C22H27N5O2. The SMILES string of the molecule is CC(=O)N1c2ccc(-c3cnn(C4CNC4C)c3)cc2N(C(=O)C2CC2)CC1C. The molecule has 0 radical (unpaired) electrons. The van der Waals surface area contributed by atoms with E-state index in [2.05, 4.69) is 23.5 Å². The van der Waals surface area contributed by atoms with E-state index in [4.69, 9.17) is 0 Å². The van der Waals surface area contributed by atoms with Gasteiger partial charge in [0.1, 0.15) is 0 Å². The summed E-state index contributed by atoms with van der Waals surface area (Å²) in [5.41, 5.74) is 3.69. The summed E-state index contributed by atoms with van der Waals surface area (Å²) in [5.74, 6) is 0.325. The van der Waals surface area contributed by atoms with Gasteiger partial charge < -0.3 is 15.1 Å². The molecule has 29 heavy (non-hydrogen) atoms. The van der Waals surface area contributed by atoms with Crippen LogP contribution in [0, 0.1) is 5.92 Å². The van der Waals surface area contributed by atoms with Crippen LogP contribution in [-0.2, 0) is 9.59 Å². The maximum Gasteiger partial charge on any atom is 0.230 e. The number of hydrogen-bond acceptors (Lipinski definition) is 4. The van der Waals surface area contributed by atoms with Gasteiger partial charge in [-0.15, -0.1) is 0 Å². The average molecular weight is 393 g/mol. The molecule has 0 spiro atoms. The van der Waals surface area contributed by atoms with Gasteiger partial charge in [0.25, 0.3) is 0 Å². The molecule has 3 unspecified atom stereocenters. The number of benzene rings is 1. The molecule has 1 N–H and O–H groups in total. The molecule has 0 bridgehead atoms. The predicted molar refractivity (Wildman–Crippen MR) is 112 cm³/mol. The number of carbonyl (C=O) groups excluding carboxylic acids is 2. The van der Waals surface area contributed by atoms with Crippen LogP contribution in [0.2, 0.25) is 0 Å². The Balaban J connectivity index is 1.54. The van der Waals surface area contributed by atoms with Crippen LogP contribution in [-0.4, -0.2) is 46.8 Å². The molecule has 1 aromatic carbocycles. The number of hydrogen-bond donors (Lipinski definition) is 1. The number of nitrogens with one attached hydrogen (secondary N) is 1. The molecule has 1 saturated heterocycles. The Morgan fingerprint density at radius 2 is 1.93 bits per heavy atom. The van der Waals surface area contributed by atoms with Crippen molar-refractivity contribution in [3.8, 4) is 11.1 Å². The summed E-state index contributed by atoms with van der Waals surface area (Å²) in [6.07, 6.45) is 5.89. The van der Waals surface area contributed by atoms with Crippen LogP contribution < -0.4 is 15.1 Å². The van der Waals surface area contributed by atoms with Gasteiger partial charge in [-0.25, -0.2) is 0 Å². The highest BCUT2D eigenvalue weighted by molar-refractivity contribution is 6.06. The largest absolute Gasteiger partial charge is 0.310 e. The zero-order valence-electron chi connectivity index (χ0n) is 17.1. The lowest BCUT2D eigenvalue weighted by Gasteiger charge is -2.41. The van der Waals surface area contributed by atoms with E-state index in [1.54, 1.807) is 11.8 Å². The number of amides is 2. The molecule has 3 aliphatic rings. The first-order valence-corrected chi connectivity index (χ1v) is 10.5. The van der Waals surface area contributed by atoms with Crippen LogP contribution >= 0.6 is 0 Å². The molecule has 5 rings (SSSR count). The van der Waals surface area contributed by atoms with Crippen LogP contribution in [0.15, 0.2) is 30.6 Å². The van der Waals surface area contributed by atoms with E-state index in [0.717, 1.165) is 41.9 Å². The van der Waals surface area contributed by atoms with Gasteiger partial charge in [0.2, 0.25) is 11.8 Å². The van der Waals surface area contributed by atoms with E-state index in [1.807, 2.05) is 40.9 Å². The maximum atomic E-state index is 13.0. The fourth-order valence-electron chi connectivity index (χ4n) is 4.49. The molecule has 152 valence electrons. The van der Waals surface area contributed by atoms with Gasteiger partial charge in [0.05, 0.1) is 29.7 Å². The molecule has 2 aromatic rings. The van der Waals surface area contributed by atoms with Gasteiger partial charge in [-0.2, -0.15) is 5.10 Å². The third kappa shape index (κ3) is 3.04. The van der Waals surface area contributed by atoms with Crippen LogP contribution in [0.1, 0.15) is 39.7 Å². The first-order chi connectivity index (χ1) is 13.9. The monoisotopic (exact) mass is 393 g/mol. The van der Waals surface area contributed by atoms with Crippen LogP contribution in [0.3, 0.4) is 0 Å². The van der Waals surface area contributed by atoms with Crippen molar-refractivity contribution in [2.75, 3.05) is 22.9 Å². The molecule has 2 aliphatic heterocycles. The van der Waals surface area contributed by atoms with Gasteiger partial charge in [0.15, 0.2) is 0 Å². The Labute approximate surface area is 170 Å². The highest BCUT2D eigenvalue weighted by atomic mass is 16.2. The molecule has 1 saturated carbocycles. The molecule has 1 aliphatic carbocycles. The van der Waals surface area contributed by atoms with Crippen molar-refractivity contribution in [2.24, 2.45) is 5.92 Å². The summed E-state index contributed by atoms with van der Waals surface area (Å²) < 4.78 is 2.02. The summed E-state index contributed by atoms with van der Waals surface area (Å²) in [4.78, 5) is 29.0. The van der Waals surface area contributed by atoms with Gasteiger partial charge in [-0.3, -0.25) is 14.3 Å². The number of anilines is 2. The first kappa shape index (κ1) is 18.4. The number of aromatic nitrogens is 2. The van der Waals surface area contributed by atoms with E-state index >= 15 is 0 Å². The quantitative estimate of drug-likeness (QED) is 0.870. The third-order valence-electron chi connectivity index (χ3n) is 6.45. The van der Waals surface area contributed by atoms with Crippen LogP contribution in [0.25, 0.3) is 11.1 Å². The minimum absolute atomic E-state index is 0.00399. The fraction of sp³-hybridized carbons (Fsp3) is 0.500. The molecule has 7 heteroatoms.